The van der Waals surface area contributed by atoms with E-state index in [0.29, 0.717) is 12.2 Å². The second-order valence-corrected chi connectivity index (χ2v) is 9.06. The van der Waals surface area contributed by atoms with Gasteiger partial charge in [0.25, 0.3) is 0 Å². The smallest absolute Gasteiger partial charge is 0.305 e. The van der Waals surface area contributed by atoms with Crippen molar-refractivity contribution in [3.8, 4) is 0 Å². The Hall–Kier alpha value is -2.06. The number of carboxylic acids is 1. The van der Waals surface area contributed by atoms with E-state index in [0.717, 1.165) is 43.4 Å². The highest BCUT2D eigenvalue weighted by Crippen LogP contribution is 2.38. The van der Waals surface area contributed by atoms with Gasteiger partial charge in [-0.15, -0.1) is 0 Å². The second-order valence-electron chi connectivity index (χ2n) is 9.06. The Kier molecular flexibility index (Phi) is 8.22. The van der Waals surface area contributed by atoms with Crippen molar-refractivity contribution < 1.29 is 14.3 Å². The van der Waals surface area contributed by atoms with Gasteiger partial charge in [0.1, 0.15) is 11.5 Å². The zero-order valence-corrected chi connectivity index (χ0v) is 19.7. The van der Waals surface area contributed by atoms with Crippen molar-refractivity contribution in [1.29, 1.82) is 0 Å². The van der Waals surface area contributed by atoms with Crippen LogP contribution in [-0.4, -0.2) is 49.7 Å². The Balaban J connectivity index is 0.00000289. The lowest BCUT2D eigenvalue weighted by atomic mass is 9.86. The summed E-state index contributed by atoms with van der Waals surface area (Å²) >= 11 is 0. The van der Waals surface area contributed by atoms with Crippen molar-refractivity contribution in [1.82, 2.24) is 19.9 Å². The fourth-order valence-electron chi connectivity index (χ4n) is 4.77. The minimum atomic E-state index is -1.24. The molecule has 174 valence electrons. The van der Waals surface area contributed by atoms with Crippen LogP contribution < -0.4 is 0 Å². The minimum Gasteiger partial charge on any atom is -0.481 e. The molecule has 1 atom stereocenters. The first kappa shape index (κ1) is 24.6. The van der Waals surface area contributed by atoms with E-state index >= 15 is 4.39 Å². The molecule has 2 aliphatic rings. The average Bonchev–Trinajstić information content (AvgIpc) is 2.74. The van der Waals surface area contributed by atoms with E-state index in [-0.39, 0.29) is 39.0 Å². The molecular weight excluding hydrogens is 427 g/mol. The summed E-state index contributed by atoms with van der Waals surface area (Å²) in [4.78, 5) is 26.4. The normalized spacial score (nSPS) is 18.2. The van der Waals surface area contributed by atoms with Crippen LogP contribution in [0.5, 0.6) is 0 Å². The van der Waals surface area contributed by atoms with Crippen molar-refractivity contribution in [2.24, 2.45) is 0 Å². The van der Waals surface area contributed by atoms with Crippen molar-refractivity contribution >= 4 is 19.5 Å². The molecule has 32 heavy (non-hydrogen) atoms. The molecule has 3 heterocycles. The highest BCUT2D eigenvalue weighted by Gasteiger charge is 2.46. The third-order valence-electron chi connectivity index (χ3n) is 6.51. The number of aliphatic carboxylic acids is 1. The van der Waals surface area contributed by atoms with Crippen LogP contribution in [0.25, 0.3) is 0 Å². The standard InChI is InChI=1S/C24H31FN4O2.H2S/c1-17-26-13-19(14-27-17)22(12-23(30)31)29-15-24(25,16-29)11-5-4-7-20-10-9-18-6-2-3-8-21(18)28-20;/h9-10,13-14,22H,2-8,11-12,15-16H2,1H3,(H,30,31);1H2/t22-;/m0./s1. The van der Waals surface area contributed by atoms with E-state index in [4.69, 9.17) is 4.98 Å². The maximum absolute atomic E-state index is 15.1. The lowest BCUT2D eigenvalue weighted by Crippen LogP contribution is -2.60. The number of rotatable bonds is 9. The van der Waals surface area contributed by atoms with Crippen molar-refractivity contribution in [3.05, 3.63) is 52.9 Å². The molecule has 8 heteroatoms. The first-order valence-corrected chi connectivity index (χ1v) is 11.3. The molecule has 2 aromatic rings. The van der Waals surface area contributed by atoms with Crippen LogP contribution in [-0.2, 0) is 24.1 Å². The molecule has 0 bridgehead atoms. The molecule has 0 radical (unpaired) electrons. The van der Waals surface area contributed by atoms with Gasteiger partial charge in [0.2, 0.25) is 0 Å². The number of carbonyl (C=O) groups is 1. The van der Waals surface area contributed by atoms with E-state index in [1.807, 2.05) is 4.90 Å². The number of alkyl halides is 1. The summed E-state index contributed by atoms with van der Waals surface area (Å²) in [6.07, 6.45) is 11.0. The fourth-order valence-corrected chi connectivity index (χ4v) is 4.77. The van der Waals surface area contributed by atoms with Crippen LogP contribution in [0.1, 0.15) is 72.9 Å². The van der Waals surface area contributed by atoms with Crippen molar-refractivity contribution in [2.75, 3.05) is 13.1 Å². The maximum Gasteiger partial charge on any atom is 0.305 e. The van der Waals surface area contributed by atoms with Crippen LogP contribution >= 0.6 is 13.5 Å². The Labute approximate surface area is 196 Å². The maximum atomic E-state index is 15.1. The third kappa shape index (κ3) is 6.04. The monoisotopic (exact) mass is 460 g/mol. The number of nitrogens with zero attached hydrogens (tertiary/aromatic N) is 4. The number of carboxylic acid groups (broad SMARTS) is 1. The van der Waals surface area contributed by atoms with E-state index in [9.17, 15) is 9.90 Å². The van der Waals surface area contributed by atoms with Gasteiger partial charge in [-0.3, -0.25) is 14.7 Å². The fraction of sp³-hybridized carbons (Fsp3) is 0.583. The largest absolute Gasteiger partial charge is 0.481 e. The quantitative estimate of drug-likeness (QED) is 0.567. The number of halogens is 1. The predicted octanol–water partition coefficient (Wildman–Crippen LogP) is 4.12. The number of aromatic nitrogens is 3. The topological polar surface area (TPSA) is 79.2 Å². The van der Waals surface area contributed by atoms with E-state index in [2.05, 4.69) is 22.1 Å². The molecule has 6 nitrogen and oxygen atoms in total. The first-order valence-electron chi connectivity index (χ1n) is 11.3. The van der Waals surface area contributed by atoms with Crippen molar-refractivity contribution in [2.45, 2.75) is 76.4 Å². The summed E-state index contributed by atoms with van der Waals surface area (Å²) in [5, 5.41) is 9.29. The van der Waals surface area contributed by atoms with Crippen LogP contribution in [0.2, 0.25) is 0 Å². The molecule has 1 aliphatic carbocycles. The molecular formula is C24H33FN4O2S. The van der Waals surface area contributed by atoms with Gasteiger partial charge < -0.3 is 5.11 Å². The third-order valence-corrected chi connectivity index (χ3v) is 6.51. The summed E-state index contributed by atoms with van der Waals surface area (Å²) in [5.74, 6) is -0.269. The summed E-state index contributed by atoms with van der Waals surface area (Å²) < 4.78 is 15.1. The molecule has 2 aromatic heterocycles. The summed E-state index contributed by atoms with van der Waals surface area (Å²) in [7, 11) is 0. The molecule has 4 rings (SSSR count). The van der Waals surface area contributed by atoms with Gasteiger partial charge in [-0.1, -0.05) is 6.07 Å². The number of fused-ring (bicyclic) bond motifs is 1. The predicted molar refractivity (Wildman–Crippen MR) is 126 cm³/mol. The zero-order valence-electron chi connectivity index (χ0n) is 18.7. The van der Waals surface area contributed by atoms with Gasteiger partial charge in [0, 0.05) is 48.5 Å². The summed E-state index contributed by atoms with van der Waals surface area (Å²) in [6.45, 7) is 2.30. The Bertz CT molecular complexity index is 919. The molecule has 1 aliphatic heterocycles. The molecule has 0 amide bonds. The number of likely N-dealkylation sites (tertiary alicyclic amines) is 1. The number of unbranched alkanes of at least 4 members (excludes halogenated alkanes) is 1. The molecule has 1 fully saturated rings. The van der Waals surface area contributed by atoms with Crippen LogP contribution in [0.3, 0.4) is 0 Å². The van der Waals surface area contributed by atoms with Crippen LogP contribution in [0, 0.1) is 6.92 Å². The van der Waals surface area contributed by atoms with Gasteiger partial charge >= 0.3 is 5.97 Å². The molecule has 1 saturated heterocycles. The second kappa shape index (κ2) is 10.7. The van der Waals surface area contributed by atoms with Crippen molar-refractivity contribution in [3.63, 3.8) is 0 Å². The lowest BCUT2D eigenvalue weighted by Gasteiger charge is -2.48. The van der Waals surface area contributed by atoms with Gasteiger partial charge in [0.05, 0.1) is 6.42 Å². The molecule has 0 unspecified atom stereocenters. The Morgan fingerprint density at radius 1 is 1.19 bits per heavy atom. The van der Waals surface area contributed by atoms with Gasteiger partial charge in [-0.2, -0.15) is 13.5 Å². The Morgan fingerprint density at radius 3 is 2.62 bits per heavy atom. The molecule has 1 N–H and O–H groups in total. The summed E-state index contributed by atoms with van der Waals surface area (Å²) in [6, 6.07) is 3.96. The molecule has 0 spiro atoms. The molecule has 0 aromatic carbocycles. The minimum absolute atomic E-state index is 0. The van der Waals surface area contributed by atoms with Gasteiger partial charge in [-0.05, 0) is 69.9 Å². The highest BCUT2D eigenvalue weighted by molar-refractivity contribution is 7.59. The first-order chi connectivity index (χ1) is 14.9. The number of pyridine rings is 1. The average molecular weight is 461 g/mol. The number of aryl methyl sites for hydroxylation is 4. The van der Waals surface area contributed by atoms with E-state index in [1.165, 1.54) is 24.1 Å². The number of hydrogen-bond acceptors (Lipinski definition) is 5. The zero-order chi connectivity index (χ0) is 21.8. The van der Waals surface area contributed by atoms with Gasteiger partial charge in [-0.25, -0.2) is 14.4 Å². The SMILES string of the molecule is Cc1ncc([C@H](CC(=O)O)N2CC(F)(CCCCc3ccc4c(n3)CCCC4)C2)cn1.S. The molecule has 0 saturated carbocycles. The van der Waals surface area contributed by atoms with Gasteiger partial charge in [0.15, 0.2) is 0 Å². The van der Waals surface area contributed by atoms with Crippen LogP contribution in [0.4, 0.5) is 4.39 Å². The Morgan fingerprint density at radius 2 is 1.91 bits per heavy atom. The van der Waals surface area contributed by atoms with E-state index in [1.54, 1.807) is 19.3 Å². The number of hydrogen-bond donors (Lipinski definition) is 1. The van der Waals surface area contributed by atoms with Crippen LogP contribution in [0.15, 0.2) is 24.5 Å². The van der Waals surface area contributed by atoms with E-state index < -0.39 is 11.6 Å². The summed E-state index contributed by atoms with van der Waals surface area (Å²) in [5.41, 5.74) is 3.25. The lowest BCUT2D eigenvalue weighted by molar-refractivity contribution is -0.141. The highest BCUT2D eigenvalue weighted by atomic mass is 32.1.